The normalized spacial score (nSPS) is 24.9. The summed E-state index contributed by atoms with van der Waals surface area (Å²) in [7, 11) is 0. The van der Waals surface area contributed by atoms with Crippen LogP contribution in [0.3, 0.4) is 0 Å². The van der Waals surface area contributed by atoms with Gasteiger partial charge in [-0.25, -0.2) is 4.39 Å². The van der Waals surface area contributed by atoms with Gasteiger partial charge in [0.15, 0.2) is 0 Å². The van der Waals surface area contributed by atoms with Gasteiger partial charge in [0.2, 0.25) is 0 Å². The van der Waals surface area contributed by atoms with Crippen molar-refractivity contribution in [3.05, 3.63) is 30.1 Å². The average Bonchev–Trinajstić information content (AvgIpc) is 2.96. The molecule has 1 aromatic rings. The molecule has 4 heteroatoms. The molecule has 1 atom stereocenters. The SMILES string of the molecule is Fc1ccc(OC2CCN(C[C@H]3CCOC3)CC2)cc1. The van der Waals surface area contributed by atoms with Crippen molar-refractivity contribution in [2.75, 3.05) is 32.8 Å². The highest BCUT2D eigenvalue weighted by molar-refractivity contribution is 5.22. The molecule has 0 aliphatic carbocycles. The molecule has 2 aliphatic rings. The molecule has 0 N–H and O–H groups in total. The highest BCUT2D eigenvalue weighted by Crippen LogP contribution is 2.21. The van der Waals surface area contributed by atoms with E-state index in [-0.39, 0.29) is 11.9 Å². The summed E-state index contributed by atoms with van der Waals surface area (Å²) >= 11 is 0. The molecule has 110 valence electrons. The summed E-state index contributed by atoms with van der Waals surface area (Å²) in [5, 5.41) is 0. The molecule has 0 spiro atoms. The molecule has 2 aliphatic heterocycles. The van der Waals surface area contributed by atoms with Crippen molar-refractivity contribution in [1.29, 1.82) is 0 Å². The van der Waals surface area contributed by atoms with Gasteiger partial charge in [0.1, 0.15) is 17.7 Å². The van der Waals surface area contributed by atoms with Crippen molar-refractivity contribution in [3.8, 4) is 5.75 Å². The Balaban J connectivity index is 1.42. The molecule has 0 amide bonds. The summed E-state index contributed by atoms with van der Waals surface area (Å²) in [6.07, 6.45) is 3.55. The monoisotopic (exact) mass is 279 g/mol. The molecule has 0 unspecified atom stereocenters. The first kappa shape index (κ1) is 13.8. The number of piperidine rings is 1. The van der Waals surface area contributed by atoms with Gasteiger partial charge < -0.3 is 14.4 Å². The zero-order valence-corrected chi connectivity index (χ0v) is 11.8. The summed E-state index contributed by atoms with van der Waals surface area (Å²) in [5.41, 5.74) is 0. The van der Waals surface area contributed by atoms with E-state index in [1.807, 2.05) is 0 Å². The van der Waals surface area contributed by atoms with Gasteiger partial charge in [-0.2, -0.15) is 0 Å². The van der Waals surface area contributed by atoms with Crippen molar-refractivity contribution < 1.29 is 13.9 Å². The second-order valence-electron chi connectivity index (χ2n) is 5.80. The van der Waals surface area contributed by atoms with Crippen molar-refractivity contribution in [2.24, 2.45) is 5.92 Å². The van der Waals surface area contributed by atoms with E-state index in [0.717, 1.165) is 51.4 Å². The molecule has 2 fully saturated rings. The van der Waals surface area contributed by atoms with Crippen LogP contribution in [0.15, 0.2) is 24.3 Å². The fraction of sp³-hybridized carbons (Fsp3) is 0.625. The number of hydrogen-bond donors (Lipinski definition) is 0. The second-order valence-corrected chi connectivity index (χ2v) is 5.80. The predicted octanol–water partition coefficient (Wildman–Crippen LogP) is 2.71. The zero-order valence-electron chi connectivity index (χ0n) is 11.8. The molecule has 1 aromatic carbocycles. The van der Waals surface area contributed by atoms with Crippen LogP contribution in [-0.2, 0) is 4.74 Å². The smallest absolute Gasteiger partial charge is 0.123 e. The highest BCUT2D eigenvalue weighted by atomic mass is 19.1. The Morgan fingerprint density at radius 1 is 1.15 bits per heavy atom. The van der Waals surface area contributed by atoms with Crippen LogP contribution in [0, 0.1) is 11.7 Å². The van der Waals surface area contributed by atoms with Crippen molar-refractivity contribution >= 4 is 0 Å². The Bertz CT molecular complexity index is 409. The summed E-state index contributed by atoms with van der Waals surface area (Å²) < 4.78 is 24.2. The minimum absolute atomic E-state index is 0.217. The van der Waals surface area contributed by atoms with Crippen molar-refractivity contribution in [3.63, 3.8) is 0 Å². The molecular formula is C16H22FNO2. The van der Waals surface area contributed by atoms with Crippen LogP contribution in [0.25, 0.3) is 0 Å². The third kappa shape index (κ3) is 3.70. The molecule has 0 aromatic heterocycles. The lowest BCUT2D eigenvalue weighted by Crippen LogP contribution is -2.40. The third-order valence-corrected chi connectivity index (χ3v) is 4.19. The van der Waals surface area contributed by atoms with Gasteiger partial charge in [-0.1, -0.05) is 0 Å². The lowest BCUT2D eigenvalue weighted by Gasteiger charge is -2.33. The predicted molar refractivity (Wildman–Crippen MR) is 75.4 cm³/mol. The topological polar surface area (TPSA) is 21.7 Å². The van der Waals surface area contributed by atoms with Crippen LogP contribution in [0.2, 0.25) is 0 Å². The fourth-order valence-corrected chi connectivity index (χ4v) is 3.01. The van der Waals surface area contributed by atoms with E-state index in [4.69, 9.17) is 9.47 Å². The lowest BCUT2D eigenvalue weighted by atomic mass is 10.0. The first-order valence-corrected chi connectivity index (χ1v) is 7.52. The fourth-order valence-electron chi connectivity index (χ4n) is 3.01. The van der Waals surface area contributed by atoms with E-state index in [0.29, 0.717) is 5.92 Å². The van der Waals surface area contributed by atoms with Crippen LogP contribution < -0.4 is 4.74 Å². The Kier molecular flexibility index (Phi) is 4.53. The van der Waals surface area contributed by atoms with Crippen LogP contribution in [-0.4, -0.2) is 43.9 Å². The van der Waals surface area contributed by atoms with E-state index < -0.39 is 0 Å². The van der Waals surface area contributed by atoms with Gasteiger partial charge in [-0.15, -0.1) is 0 Å². The van der Waals surface area contributed by atoms with Gasteiger partial charge in [-0.3, -0.25) is 0 Å². The Morgan fingerprint density at radius 2 is 1.90 bits per heavy atom. The first-order chi connectivity index (χ1) is 9.79. The summed E-state index contributed by atoms with van der Waals surface area (Å²) in [6, 6.07) is 6.31. The molecule has 0 bridgehead atoms. The Hall–Kier alpha value is -1.13. The molecule has 2 saturated heterocycles. The van der Waals surface area contributed by atoms with Gasteiger partial charge in [0.25, 0.3) is 0 Å². The molecule has 0 saturated carbocycles. The van der Waals surface area contributed by atoms with Crippen LogP contribution in [0.1, 0.15) is 19.3 Å². The van der Waals surface area contributed by atoms with Gasteiger partial charge >= 0.3 is 0 Å². The van der Waals surface area contributed by atoms with Crippen LogP contribution in [0.5, 0.6) is 5.75 Å². The maximum Gasteiger partial charge on any atom is 0.123 e. The lowest BCUT2D eigenvalue weighted by molar-refractivity contribution is 0.0880. The maximum atomic E-state index is 12.8. The number of halogens is 1. The molecule has 3 nitrogen and oxygen atoms in total. The largest absolute Gasteiger partial charge is 0.490 e. The summed E-state index contributed by atoms with van der Waals surface area (Å²) in [4.78, 5) is 2.52. The quantitative estimate of drug-likeness (QED) is 0.846. The standard InChI is InChI=1S/C16H22FNO2/c17-14-1-3-15(4-2-14)20-16-5-8-18(9-6-16)11-13-7-10-19-12-13/h1-4,13,16H,5-12H2/t13-/m1/s1. The van der Waals surface area contributed by atoms with E-state index in [9.17, 15) is 4.39 Å². The molecule has 20 heavy (non-hydrogen) atoms. The number of nitrogens with zero attached hydrogens (tertiary/aromatic N) is 1. The number of ether oxygens (including phenoxy) is 2. The number of benzene rings is 1. The zero-order chi connectivity index (χ0) is 13.8. The highest BCUT2D eigenvalue weighted by Gasteiger charge is 2.24. The van der Waals surface area contributed by atoms with Crippen LogP contribution >= 0.6 is 0 Å². The van der Waals surface area contributed by atoms with E-state index in [1.54, 1.807) is 12.1 Å². The Labute approximate surface area is 119 Å². The van der Waals surface area contributed by atoms with Crippen LogP contribution in [0.4, 0.5) is 4.39 Å². The van der Waals surface area contributed by atoms with Crippen molar-refractivity contribution in [2.45, 2.75) is 25.4 Å². The summed E-state index contributed by atoms with van der Waals surface area (Å²) in [6.45, 7) is 5.18. The molecule has 3 rings (SSSR count). The van der Waals surface area contributed by atoms with E-state index >= 15 is 0 Å². The first-order valence-electron chi connectivity index (χ1n) is 7.52. The number of rotatable bonds is 4. The van der Waals surface area contributed by atoms with Gasteiger partial charge in [-0.05, 0) is 49.4 Å². The molecule has 2 heterocycles. The molecule has 0 radical (unpaired) electrons. The maximum absolute atomic E-state index is 12.8. The van der Waals surface area contributed by atoms with Gasteiger partial charge in [0.05, 0.1) is 6.61 Å². The Morgan fingerprint density at radius 3 is 2.55 bits per heavy atom. The summed E-state index contributed by atoms with van der Waals surface area (Å²) in [5.74, 6) is 1.27. The minimum Gasteiger partial charge on any atom is -0.490 e. The van der Waals surface area contributed by atoms with Crippen molar-refractivity contribution in [1.82, 2.24) is 4.90 Å². The van der Waals surface area contributed by atoms with E-state index in [1.165, 1.54) is 18.6 Å². The average molecular weight is 279 g/mol. The van der Waals surface area contributed by atoms with Gasteiger partial charge in [0, 0.05) is 26.2 Å². The number of hydrogen-bond acceptors (Lipinski definition) is 3. The third-order valence-electron chi connectivity index (χ3n) is 4.19. The molecular weight excluding hydrogens is 257 g/mol. The second kappa shape index (κ2) is 6.55. The minimum atomic E-state index is -0.217. The van der Waals surface area contributed by atoms with E-state index in [2.05, 4.69) is 4.90 Å². The number of likely N-dealkylation sites (tertiary alicyclic amines) is 1.